The van der Waals surface area contributed by atoms with Crippen molar-refractivity contribution in [3.63, 3.8) is 0 Å². The van der Waals surface area contributed by atoms with Gasteiger partial charge in [-0.3, -0.25) is 4.79 Å². The van der Waals surface area contributed by atoms with Crippen LogP contribution >= 0.6 is 12.6 Å². The molecule has 38 valence electrons. The predicted molar refractivity (Wildman–Crippen MR) is 26.1 cm³/mol. The first kappa shape index (κ1) is 10.4. The molecule has 0 aromatic rings. The van der Waals surface area contributed by atoms with Gasteiger partial charge in [0.25, 0.3) is 0 Å². The topological polar surface area (TPSA) is 37.3 Å². The van der Waals surface area contributed by atoms with Crippen molar-refractivity contribution in [2.24, 2.45) is 0 Å². The zero-order chi connectivity index (χ0) is 5.15. The summed E-state index contributed by atoms with van der Waals surface area (Å²) in [6, 6.07) is 0. The summed E-state index contributed by atoms with van der Waals surface area (Å²) in [6.45, 7) is 1.51. The summed E-state index contributed by atoms with van der Waals surface area (Å²) in [5.41, 5.74) is 0. The standard InChI is InChI=1S/C3H6O2S.Zn/c1-2(6)3(4)5;/h2,6H,1H3,(H,4,5);. The Morgan fingerprint density at radius 2 is 2.00 bits per heavy atom. The van der Waals surface area contributed by atoms with E-state index in [9.17, 15) is 4.79 Å². The van der Waals surface area contributed by atoms with E-state index in [0.717, 1.165) is 0 Å². The van der Waals surface area contributed by atoms with Gasteiger partial charge in [0.1, 0.15) is 0 Å². The number of hydrogen-bond donors (Lipinski definition) is 2. The van der Waals surface area contributed by atoms with Gasteiger partial charge in [0.05, 0.1) is 5.25 Å². The van der Waals surface area contributed by atoms with Crippen LogP contribution in [0.25, 0.3) is 0 Å². The van der Waals surface area contributed by atoms with Crippen LogP contribution in [0, 0.1) is 0 Å². The Balaban J connectivity index is 0. The molecule has 0 radical (unpaired) electrons. The van der Waals surface area contributed by atoms with E-state index in [2.05, 4.69) is 12.6 Å². The Bertz CT molecular complexity index is 64.0. The van der Waals surface area contributed by atoms with Crippen molar-refractivity contribution in [3.05, 3.63) is 0 Å². The van der Waals surface area contributed by atoms with E-state index in [1.807, 2.05) is 0 Å². The smallest absolute Gasteiger partial charge is 0.316 e. The van der Waals surface area contributed by atoms with Crippen molar-refractivity contribution in [2.75, 3.05) is 0 Å². The van der Waals surface area contributed by atoms with Crippen LogP contribution in [0.4, 0.5) is 0 Å². The second kappa shape index (κ2) is 4.60. The van der Waals surface area contributed by atoms with E-state index in [1.165, 1.54) is 6.92 Å². The second-order valence-corrected chi connectivity index (χ2v) is 1.79. The molecule has 0 aliphatic rings. The molecule has 0 aromatic carbocycles. The summed E-state index contributed by atoms with van der Waals surface area (Å²) in [6.07, 6.45) is 0. The molecular weight excluding hydrogens is 165 g/mol. The number of carboxylic acid groups (broad SMARTS) is 1. The van der Waals surface area contributed by atoms with Crippen LogP contribution < -0.4 is 0 Å². The fourth-order valence-electron chi connectivity index (χ4n) is 0. The van der Waals surface area contributed by atoms with Crippen molar-refractivity contribution in [2.45, 2.75) is 12.2 Å². The minimum atomic E-state index is -0.877. The molecule has 0 aliphatic heterocycles. The molecule has 0 bridgehead atoms. The summed E-state index contributed by atoms with van der Waals surface area (Å²) >= 11 is 3.59. The molecular formula is C3H6O2SZn. The Morgan fingerprint density at radius 1 is 1.86 bits per heavy atom. The molecule has 0 fully saturated rings. The maximum Gasteiger partial charge on any atom is 0.316 e. The molecule has 1 N–H and O–H groups in total. The molecule has 1 unspecified atom stereocenters. The average Bonchev–Trinajstić information content (AvgIpc) is 1.36. The minimum Gasteiger partial charge on any atom is -0.480 e. The first-order valence-electron chi connectivity index (χ1n) is 1.55. The monoisotopic (exact) mass is 170 g/mol. The summed E-state index contributed by atoms with van der Waals surface area (Å²) in [7, 11) is 0. The number of thiol groups is 1. The first-order valence-corrected chi connectivity index (χ1v) is 2.07. The quantitative estimate of drug-likeness (QED) is 0.442. The molecule has 4 heteroatoms. The molecule has 0 rings (SSSR count). The zero-order valence-electron chi connectivity index (χ0n) is 4.09. The molecule has 0 heterocycles. The third-order valence-corrected chi connectivity index (χ3v) is 0.578. The SMILES string of the molecule is CC(S)C(=O)O.[Zn]. The summed E-state index contributed by atoms with van der Waals surface area (Å²) in [4.78, 5) is 9.62. The Kier molecular flexibility index (Phi) is 6.85. The molecule has 0 saturated carbocycles. The molecule has 0 amide bonds. The minimum absolute atomic E-state index is 0. The maximum atomic E-state index is 9.62. The molecule has 2 nitrogen and oxygen atoms in total. The van der Waals surface area contributed by atoms with E-state index in [1.54, 1.807) is 0 Å². The fraction of sp³-hybridized carbons (Fsp3) is 0.667. The van der Waals surface area contributed by atoms with Crippen molar-refractivity contribution in [1.29, 1.82) is 0 Å². The largest absolute Gasteiger partial charge is 0.480 e. The van der Waals surface area contributed by atoms with Gasteiger partial charge in [-0.25, -0.2) is 0 Å². The maximum absolute atomic E-state index is 9.62. The third kappa shape index (κ3) is 6.44. The van der Waals surface area contributed by atoms with Gasteiger partial charge in [0.2, 0.25) is 0 Å². The van der Waals surface area contributed by atoms with Crippen molar-refractivity contribution < 1.29 is 29.4 Å². The number of aliphatic carboxylic acids is 1. The Hall–Kier alpha value is 0.443. The van der Waals surface area contributed by atoms with Crippen LogP contribution in [-0.2, 0) is 24.3 Å². The van der Waals surface area contributed by atoms with Gasteiger partial charge in [0, 0.05) is 19.5 Å². The van der Waals surface area contributed by atoms with E-state index < -0.39 is 11.2 Å². The van der Waals surface area contributed by atoms with Crippen LogP contribution in [-0.4, -0.2) is 16.3 Å². The van der Waals surface area contributed by atoms with E-state index >= 15 is 0 Å². The van der Waals surface area contributed by atoms with Gasteiger partial charge >= 0.3 is 5.97 Å². The van der Waals surface area contributed by atoms with Crippen LogP contribution in [0.15, 0.2) is 0 Å². The van der Waals surface area contributed by atoms with Gasteiger partial charge in [-0.05, 0) is 6.92 Å². The van der Waals surface area contributed by atoms with E-state index in [4.69, 9.17) is 5.11 Å². The van der Waals surface area contributed by atoms with E-state index in [0.29, 0.717) is 0 Å². The third-order valence-electron chi connectivity index (χ3n) is 0.357. The van der Waals surface area contributed by atoms with Gasteiger partial charge in [-0.2, -0.15) is 12.6 Å². The van der Waals surface area contributed by atoms with Crippen molar-refractivity contribution in [3.8, 4) is 0 Å². The predicted octanol–water partition coefficient (Wildman–Crippen LogP) is 0.387. The van der Waals surface area contributed by atoms with Crippen LogP contribution in [0.1, 0.15) is 6.92 Å². The van der Waals surface area contributed by atoms with Gasteiger partial charge in [0.15, 0.2) is 0 Å². The molecule has 0 aliphatic carbocycles. The first-order chi connectivity index (χ1) is 2.64. The van der Waals surface area contributed by atoms with Gasteiger partial charge in [-0.1, -0.05) is 0 Å². The zero-order valence-corrected chi connectivity index (χ0v) is 7.95. The average molecular weight is 172 g/mol. The van der Waals surface area contributed by atoms with Crippen LogP contribution in [0.3, 0.4) is 0 Å². The molecule has 0 spiro atoms. The van der Waals surface area contributed by atoms with E-state index in [-0.39, 0.29) is 19.5 Å². The summed E-state index contributed by atoms with van der Waals surface area (Å²) in [5, 5.41) is 7.38. The van der Waals surface area contributed by atoms with Gasteiger partial charge < -0.3 is 5.11 Å². The number of rotatable bonds is 1. The van der Waals surface area contributed by atoms with Crippen LogP contribution in [0.5, 0.6) is 0 Å². The van der Waals surface area contributed by atoms with Gasteiger partial charge in [-0.15, -0.1) is 0 Å². The summed E-state index contributed by atoms with van der Waals surface area (Å²) < 4.78 is 0. The van der Waals surface area contributed by atoms with Crippen LogP contribution in [0.2, 0.25) is 0 Å². The normalized spacial score (nSPS) is 11.7. The number of carbonyl (C=O) groups is 1. The Labute approximate surface area is 60.5 Å². The molecule has 7 heavy (non-hydrogen) atoms. The van der Waals surface area contributed by atoms with Crippen molar-refractivity contribution in [1.82, 2.24) is 0 Å². The Morgan fingerprint density at radius 3 is 2.00 bits per heavy atom. The molecule has 0 aromatic heterocycles. The molecule has 0 saturated heterocycles. The fourth-order valence-corrected chi connectivity index (χ4v) is 0. The number of hydrogen-bond acceptors (Lipinski definition) is 2. The second-order valence-electron chi connectivity index (χ2n) is 1.01. The molecule has 1 atom stereocenters. The number of carboxylic acids is 1. The summed E-state index contributed by atoms with van der Waals surface area (Å²) in [5.74, 6) is -0.877. The van der Waals surface area contributed by atoms with Crippen molar-refractivity contribution >= 4 is 18.6 Å².